The van der Waals surface area contributed by atoms with Gasteiger partial charge in [0.1, 0.15) is 11.6 Å². The van der Waals surface area contributed by atoms with Gasteiger partial charge in [0.25, 0.3) is 0 Å². The number of piperazine rings is 1. The third kappa shape index (κ3) is 5.42. The summed E-state index contributed by atoms with van der Waals surface area (Å²) in [5.41, 5.74) is 2.49. The number of rotatable bonds is 6. The van der Waals surface area contributed by atoms with Gasteiger partial charge in [0.05, 0.1) is 6.54 Å². The lowest BCUT2D eigenvalue weighted by Crippen LogP contribution is -2.52. The van der Waals surface area contributed by atoms with Gasteiger partial charge in [0, 0.05) is 57.9 Å². The van der Waals surface area contributed by atoms with Crippen LogP contribution in [0.25, 0.3) is 0 Å². The second kappa shape index (κ2) is 10.1. The van der Waals surface area contributed by atoms with Gasteiger partial charge in [-0.3, -0.25) is 0 Å². The van der Waals surface area contributed by atoms with Crippen LogP contribution in [0.4, 0.5) is 5.82 Å². The SMILES string of the molecule is CCNC(=NCc1cccc(Cn2ccnc2C)c1)N1CCN(c2ccccn2)CC1. The molecule has 1 aliphatic heterocycles. The molecule has 3 heterocycles. The van der Waals surface area contributed by atoms with Crippen LogP contribution < -0.4 is 10.2 Å². The van der Waals surface area contributed by atoms with Crippen LogP contribution >= 0.6 is 0 Å². The number of imidazole rings is 1. The first-order valence-electron chi connectivity index (χ1n) is 11.0. The summed E-state index contributed by atoms with van der Waals surface area (Å²) in [6, 6.07) is 14.7. The van der Waals surface area contributed by atoms with Crippen molar-refractivity contribution in [2.24, 2.45) is 4.99 Å². The summed E-state index contributed by atoms with van der Waals surface area (Å²) in [6.45, 7) is 10.3. The van der Waals surface area contributed by atoms with E-state index in [1.165, 1.54) is 11.1 Å². The maximum Gasteiger partial charge on any atom is 0.194 e. The first-order valence-corrected chi connectivity index (χ1v) is 11.0. The average molecular weight is 418 g/mol. The van der Waals surface area contributed by atoms with E-state index in [4.69, 9.17) is 4.99 Å². The number of pyridine rings is 1. The molecule has 3 aromatic rings. The van der Waals surface area contributed by atoms with Gasteiger partial charge in [-0.05, 0) is 37.1 Å². The molecule has 1 N–H and O–H groups in total. The minimum Gasteiger partial charge on any atom is -0.357 e. The Hall–Kier alpha value is -3.35. The van der Waals surface area contributed by atoms with Crippen LogP contribution in [0.1, 0.15) is 23.9 Å². The highest BCUT2D eigenvalue weighted by Gasteiger charge is 2.20. The molecule has 162 valence electrons. The fourth-order valence-electron chi connectivity index (χ4n) is 3.87. The van der Waals surface area contributed by atoms with E-state index in [1.54, 1.807) is 0 Å². The lowest BCUT2D eigenvalue weighted by atomic mass is 10.1. The molecule has 1 aliphatic rings. The normalized spacial score (nSPS) is 14.7. The summed E-state index contributed by atoms with van der Waals surface area (Å²) in [5, 5.41) is 3.47. The Morgan fingerprint density at radius 1 is 1.00 bits per heavy atom. The summed E-state index contributed by atoms with van der Waals surface area (Å²) in [5.74, 6) is 3.07. The highest BCUT2D eigenvalue weighted by Crippen LogP contribution is 2.14. The van der Waals surface area contributed by atoms with E-state index in [0.717, 1.165) is 56.9 Å². The third-order valence-corrected chi connectivity index (χ3v) is 5.57. The van der Waals surface area contributed by atoms with Crippen LogP contribution in [-0.2, 0) is 13.1 Å². The molecule has 0 amide bonds. The number of aryl methyl sites for hydroxylation is 1. The molecule has 7 heteroatoms. The fraction of sp³-hybridized carbons (Fsp3) is 0.375. The Morgan fingerprint density at radius 3 is 2.55 bits per heavy atom. The standard InChI is InChI=1S/C24H31N7/c1-3-25-24(30-15-13-29(14-16-30)23-9-4-5-10-27-23)28-18-21-7-6-8-22(17-21)19-31-12-11-26-20(31)2/h4-12,17H,3,13-16,18-19H2,1-2H3,(H,25,28). The van der Waals surface area contributed by atoms with Crippen LogP contribution in [0.15, 0.2) is 66.0 Å². The Labute approximate surface area is 184 Å². The highest BCUT2D eigenvalue weighted by molar-refractivity contribution is 5.80. The molecule has 0 spiro atoms. The molecule has 0 bridgehead atoms. The van der Waals surface area contributed by atoms with E-state index in [-0.39, 0.29) is 0 Å². The van der Waals surface area contributed by atoms with Crippen molar-refractivity contribution in [1.29, 1.82) is 0 Å². The van der Waals surface area contributed by atoms with Crippen molar-refractivity contribution in [2.45, 2.75) is 26.9 Å². The van der Waals surface area contributed by atoms with Crippen molar-refractivity contribution >= 4 is 11.8 Å². The Kier molecular flexibility index (Phi) is 6.82. The van der Waals surface area contributed by atoms with Gasteiger partial charge in [-0.2, -0.15) is 0 Å². The van der Waals surface area contributed by atoms with E-state index in [2.05, 4.69) is 66.9 Å². The number of anilines is 1. The number of benzene rings is 1. The number of aromatic nitrogens is 3. The molecular formula is C24H31N7. The molecule has 7 nitrogen and oxygen atoms in total. The van der Waals surface area contributed by atoms with E-state index in [1.807, 2.05) is 37.6 Å². The molecule has 0 unspecified atom stereocenters. The summed E-state index contributed by atoms with van der Waals surface area (Å²) in [6.07, 6.45) is 5.73. The molecule has 0 saturated carbocycles. The second-order valence-corrected chi connectivity index (χ2v) is 7.75. The van der Waals surface area contributed by atoms with Crippen molar-refractivity contribution in [2.75, 3.05) is 37.6 Å². The van der Waals surface area contributed by atoms with Crippen LogP contribution in [-0.4, -0.2) is 58.1 Å². The summed E-state index contributed by atoms with van der Waals surface area (Å²) in [7, 11) is 0. The number of hydrogen-bond donors (Lipinski definition) is 1. The predicted molar refractivity (Wildman–Crippen MR) is 125 cm³/mol. The van der Waals surface area contributed by atoms with Gasteiger partial charge in [0.2, 0.25) is 0 Å². The van der Waals surface area contributed by atoms with Crippen LogP contribution in [0.2, 0.25) is 0 Å². The Bertz CT molecular complexity index is 988. The van der Waals surface area contributed by atoms with Crippen molar-refractivity contribution < 1.29 is 0 Å². The van der Waals surface area contributed by atoms with Crippen LogP contribution in [0.3, 0.4) is 0 Å². The minimum atomic E-state index is 0.666. The van der Waals surface area contributed by atoms with Crippen LogP contribution in [0.5, 0.6) is 0 Å². The van der Waals surface area contributed by atoms with Gasteiger partial charge < -0.3 is 19.7 Å². The maximum atomic E-state index is 4.94. The zero-order chi connectivity index (χ0) is 21.5. The fourth-order valence-corrected chi connectivity index (χ4v) is 3.87. The molecule has 0 atom stereocenters. The van der Waals surface area contributed by atoms with Crippen LogP contribution in [0, 0.1) is 6.92 Å². The molecule has 0 radical (unpaired) electrons. The first-order chi connectivity index (χ1) is 15.2. The molecular weight excluding hydrogens is 386 g/mol. The van der Waals surface area contributed by atoms with Crippen molar-refractivity contribution in [3.8, 4) is 0 Å². The van der Waals surface area contributed by atoms with E-state index in [0.29, 0.717) is 6.54 Å². The molecule has 31 heavy (non-hydrogen) atoms. The maximum absolute atomic E-state index is 4.94. The van der Waals surface area contributed by atoms with E-state index < -0.39 is 0 Å². The van der Waals surface area contributed by atoms with Gasteiger partial charge in [-0.15, -0.1) is 0 Å². The molecule has 4 rings (SSSR count). The lowest BCUT2D eigenvalue weighted by molar-refractivity contribution is 0.371. The molecule has 2 aromatic heterocycles. The second-order valence-electron chi connectivity index (χ2n) is 7.75. The van der Waals surface area contributed by atoms with Crippen molar-refractivity contribution in [3.05, 3.63) is 78.0 Å². The molecule has 1 fully saturated rings. The number of nitrogens with one attached hydrogen (secondary N) is 1. The summed E-state index contributed by atoms with van der Waals surface area (Å²) in [4.78, 5) is 18.4. The Balaban J connectivity index is 1.39. The molecule has 0 aliphatic carbocycles. The predicted octanol–water partition coefficient (Wildman–Crippen LogP) is 2.92. The topological polar surface area (TPSA) is 61.6 Å². The summed E-state index contributed by atoms with van der Waals surface area (Å²) >= 11 is 0. The zero-order valence-corrected chi connectivity index (χ0v) is 18.4. The first kappa shape index (κ1) is 20.9. The number of hydrogen-bond acceptors (Lipinski definition) is 4. The van der Waals surface area contributed by atoms with Gasteiger partial charge in [0.15, 0.2) is 5.96 Å². The highest BCUT2D eigenvalue weighted by atomic mass is 15.4. The van der Waals surface area contributed by atoms with E-state index >= 15 is 0 Å². The molecule has 1 aromatic carbocycles. The van der Waals surface area contributed by atoms with E-state index in [9.17, 15) is 0 Å². The number of aliphatic imine (C=N–C) groups is 1. The third-order valence-electron chi connectivity index (χ3n) is 5.57. The van der Waals surface area contributed by atoms with Gasteiger partial charge >= 0.3 is 0 Å². The summed E-state index contributed by atoms with van der Waals surface area (Å²) < 4.78 is 2.16. The quantitative estimate of drug-likeness (QED) is 0.494. The lowest BCUT2D eigenvalue weighted by Gasteiger charge is -2.37. The average Bonchev–Trinajstić information content (AvgIpc) is 3.22. The largest absolute Gasteiger partial charge is 0.357 e. The molecule has 1 saturated heterocycles. The Morgan fingerprint density at radius 2 is 1.84 bits per heavy atom. The minimum absolute atomic E-state index is 0.666. The number of guanidine groups is 1. The van der Waals surface area contributed by atoms with Crippen molar-refractivity contribution in [3.63, 3.8) is 0 Å². The smallest absolute Gasteiger partial charge is 0.194 e. The number of nitrogens with zero attached hydrogens (tertiary/aromatic N) is 6. The monoisotopic (exact) mass is 417 g/mol. The van der Waals surface area contributed by atoms with Gasteiger partial charge in [-0.25, -0.2) is 15.0 Å². The van der Waals surface area contributed by atoms with Gasteiger partial charge in [-0.1, -0.05) is 30.3 Å². The zero-order valence-electron chi connectivity index (χ0n) is 18.4. The van der Waals surface area contributed by atoms with Crippen molar-refractivity contribution in [1.82, 2.24) is 24.8 Å².